The summed E-state index contributed by atoms with van der Waals surface area (Å²) in [4.78, 5) is 16.7. The van der Waals surface area contributed by atoms with E-state index in [-0.39, 0.29) is 90.8 Å². The number of hydrogen-bond donors (Lipinski definition) is 2. The van der Waals surface area contributed by atoms with Crippen LogP contribution in [0.3, 0.4) is 0 Å². The lowest BCUT2D eigenvalue weighted by Crippen LogP contribution is -1.16. The third kappa shape index (κ3) is 8090. The molecule has 0 spiro atoms. The van der Waals surface area contributed by atoms with Gasteiger partial charge < -0.3 is 0 Å². The highest BCUT2D eigenvalue weighted by atomic mass is 127. The number of nitrogens with one attached hydrogen (secondary N) is 2. The summed E-state index contributed by atoms with van der Waals surface area (Å²) in [5.41, 5.74) is 0. The lowest BCUT2D eigenvalue weighted by molar-refractivity contribution is 0.562. The molecule has 0 aromatic carbocycles. The van der Waals surface area contributed by atoms with E-state index in [1.807, 2.05) is 0 Å². The first kappa shape index (κ1) is 267. The molecule has 0 aromatic rings. The molecule has 0 rings (SSSR count). The van der Waals surface area contributed by atoms with Crippen molar-refractivity contribution < 1.29 is 9.59 Å². The largest absolute Gasteiger partial charge is 0.231 e. The van der Waals surface area contributed by atoms with Gasteiger partial charge in [-0.05, 0) is 0 Å². The Hall–Kier alpha value is -0.510. The second-order valence-corrected chi connectivity index (χ2v) is 0.204. The van der Waals surface area contributed by atoms with Gasteiger partial charge in [-0.25, -0.2) is 20.4 Å². The van der Waals surface area contributed by atoms with Gasteiger partial charge in [0.1, 0.15) is 0 Å². The number of carbonyl (C=O) groups excluding carboxylic acids is 2. The van der Waals surface area contributed by atoms with Gasteiger partial charge in [0.15, 0.2) is 0 Å². The van der Waals surface area contributed by atoms with Crippen LogP contribution >= 0.6 is 24.0 Å². The van der Waals surface area contributed by atoms with Gasteiger partial charge in [0.05, 0.1) is 0 Å². The number of isocyanates is 2. The summed E-state index contributed by atoms with van der Waals surface area (Å²) in [5.74, 6) is 0. The van der Waals surface area contributed by atoms with Crippen molar-refractivity contribution >= 4 is 36.1 Å². The van der Waals surface area contributed by atoms with E-state index < -0.39 is 0 Å². The molecule has 0 saturated carbocycles. The molecule has 112 valence electrons. The Morgan fingerprint density at radius 3 is 0.500 bits per heavy atom. The van der Waals surface area contributed by atoms with Crippen molar-refractivity contribution in [2.24, 2.45) is 0 Å². The zero-order chi connectivity index (χ0) is 5.41. The molecule has 0 aliphatic rings. The fourth-order valence-electron chi connectivity index (χ4n) is 0. The zero-order valence-electron chi connectivity index (χ0n) is 3.22. The van der Waals surface area contributed by atoms with Crippen LogP contribution in [0.1, 0.15) is 66.8 Å². The Morgan fingerprint density at radius 1 is 0.500 bits per heavy atom. The van der Waals surface area contributed by atoms with E-state index in [0.717, 1.165) is 12.2 Å². The maximum Gasteiger partial charge on any atom is 0.231 e. The summed E-state index contributed by atoms with van der Waals surface area (Å²) in [6.07, 6.45) is 1.50. The average Bonchev–Trinajstić information content (AvgIpc) is 1.39. The van der Waals surface area contributed by atoms with Gasteiger partial charge in [0.2, 0.25) is 12.2 Å². The van der Waals surface area contributed by atoms with Crippen LogP contribution in [0, 0.1) is 10.8 Å². The van der Waals surface area contributed by atoms with Gasteiger partial charge in [-0.2, -0.15) is 0 Å². The lowest BCUT2D eigenvalue weighted by Gasteiger charge is -1.02. The molecule has 0 unspecified atom stereocenters. The molecular weight excluding hydrogens is 319 g/mol. The number of halogens is 1. The first-order valence-corrected chi connectivity index (χ1v) is 0.908. The summed E-state index contributed by atoms with van der Waals surface area (Å²) in [7, 11) is 0. The van der Waals surface area contributed by atoms with Gasteiger partial charge in [0, 0.05) is 0 Å². The Morgan fingerprint density at radius 2 is 0.500 bits per heavy atom. The highest BCUT2D eigenvalue weighted by Gasteiger charge is 1.04. The van der Waals surface area contributed by atoms with Crippen molar-refractivity contribution in [2.45, 2.75) is 66.8 Å². The van der Waals surface area contributed by atoms with Gasteiger partial charge in [-0.3, -0.25) is 0 Å². The van der Waals surface area contributed by atoms with E-state index in [4.69, 9.17) is 20.4 Å². The van der Waals surface area contributed by atoms with Crippen molar-refractivity contribution in [1.29, 1.82) is 10.8 Å². The average molecular weight is 358 g/mol. The molecule has 0 bridgehead atoms. The van der Waals surface area contributed by atoms with Crippen LogP contribution in [0.4, 0.5) is 0 Å². The summed E-state index contributed by atoms with van der Waals surface area (Å²) < 4.78 is 0. The minimum absolute atomic E-state index is 0. The highest BCUT2D eigenvalue weighted by Crippen LogP contribution is 0.886. The SMILES string of the molecule is C.C.C.C.C.C.C.C.C.I.N=C=O.N=C=O. The second kappa shape index (κ2) is 1190. The zero-order valence-corrected chi connectivity index (χ0v) is 5.56. The quantitative estimate of drug-likeness (QED) is 0.309. The molecule has 0 aromatic heterocycles. The van der Waals surface area contributed by atoms with Crippen LogP contribution in [0.25, 0.3) is 0 Å². The van der Waals surface area contributed by atoms with Crippen LogP contribution in [0.2, 0.25) is 0 Å². The molecular formula is C11H39IN2O2. The Balaban J connectivity index is -0.00000000123. The van der Waals surface area contributed by atoms with Crippen molar-refractivity contribution in [3.8, 4) is 0 Å². The molecule has 0 saturated heterocycles. The molecule has 5 heteroatoms. The maximum atomic E-state index is 8.35. The maximum absolute atomic E-state index is 8.35. The lowest BCUT2D eigenvalue weighted by atomic mass is 11.7. The monoisotopic (exact) mass is 358 g/mol. The van der Waals surface area contributed by atoms with E-state index in [0.29, 0.717) is 0 Å². The molecule has 4 nitrogen and oxygen atoms in total. The molecule has 0 atom stereocenters. The van der Waals surface area contributed by atoms with E-state index in [1.54, 1.807) is 0 Å². The van der Waals surface area contributed by atoms with E-state index in [2.05, 4.69) is 0 Å². The molecule has 0 aliphatic carbocycles. The fourth-order valence-corrected chi connectivity index (χ4v) is 0. The van der Waals surface area contributed by atoms with Crippen LogP contribution in [0.5, 0.6) is 0 Å². The smallest absolute Gasteiger partial charge is 0.222 e. The van der Waals surface area contributed by atoms with Crippen molar-refractivity contribution in [1.82, 2.24) is 0 Å². The van der Waals surface area contributed by atoms with Crippen LogP contribution < -0.4 is 0 Å². The predicted octanol–water partition coefficient (Wildman–Crippen LogP) is 6.14. The third-order valence-corrected chi connectivity index (χ3v) is 0. The standard InChI is InChI=1S/2CHNO.9CH4.HI/c2*2-1-3;;;;;;;;;;/h2*2H;9*1H4;1H. The molecule has 2 N–H and O–H groups in total. The predicted molar refractivity (Wildman–Crippen MR) is 92.8 cm³/mol. The Kier molecular flexibility index (Phi) is 19800. The molecule has 16 heavy (non-hydrogen) atoms. The van der Waals surface area contributed by atoms with Crippen molar-refractivity contribution in [3.05, 3.63) is 0 Å². The van der Waals surface area contributed by atoms with Gasteiger partial charge >= 0.3 is 0 Å². The van der Waals surface area contributed by atoms with E-state index in [9.17, 15) is 0 Å². The minimum Gasteiger partial charge on any atom is -0.222 e. The number of rotatable bonds is 0. The van der Waals surface area contributed by atoms with Gasteiger partial charge in [-0.15, -0.1) is 24.0 Å². The minimum atomic E-state index is 0. The van der Waals surface area contributed by atoms with Gasteiger partial charge in [-0.1, -0.05) is 66.8 Å². The van der Waals surface area contributed by atoms with Gasteiger partial charge in [0.25, 0.3) is 0 Å². The second-order valence-electron chi connectivity index (χ2n) is 0.204. The number of hydrogen-bond acceptors (Lipinski definition) is 4. The van der Waals surface area contributed by atoms with Crippen molar-refractivity contribution in [2.75, 3.05) is 0 Å². The topological polar surface area (TPSA) is 81.8 Å². The van der Waals surface area contributed by atoms with E-state index in [1.165, 1.54) is 0 Å². The van der Waals surface area contributed by atoms with Crippen molar-refractivity contribution in [3.63, 3.8) is 0 Å². The highest BCUT2D eigenvalue weighted by molar-refractivity contribution is 14.0. The first-order chi connectivity index (χ1) is 2.83. The van der Waals surface area contributed by atoms with E-state index >= 15 is 0 Å². The summed E-state index contributed by atoms with van der Waals surface area (Å²) in [6, 6.07) is 0. The molecule has 0 radical (unpaired) electrons. The van der Waals surface area contributed by atoms with Crippen LogP contribution in [-0.4, -0.2) is 12.2 Å². The first-order valence-electron chi connectivity index (χ1n) is 0.908. The molecule has 0 heterocycles. The fraction of sp³-hybridized carbons (Fsp3) is 0.818. The Bertz CT molecular complexity index is 76.0. The summed E-state index contributed by atoms with van der Waals surface area (Å²) in [6.45, 7) is 0. The van der Waals surface area contributed by atoms with Crippen LogP contribution in [0.15, 0.2) is 0 Å². The molecule has 0 aliphatic heterocycles. The Labute approximate surface area is 123 Å². The van der Waals surface area contributed by atoms with Crippen LogP contribution in [-0.2, 0) is 9.59 Å². The molecule has 0 amide bonds. The normalized spacial score (nSPS) is 1.00. The molecule has 0 fully saturated rings. The summed E-state index contributed by atoms with van der Waals surface area (Å²) in [5, 5.41) is 10.8. The third-order valence-electron chi connectivity index (χ3n) is 0. The summed E-state index contributed by atoms with van der Waals surface area (Å²) >= 11 is 0.